The van der Waals surface area contributed by atoms with Gasteiger partial charge in [-0.3, -0.25) is 4.79 Å². The zero-order valence-corrected chi connectivity index (χ0v) is 14.0. The second-order valence-electron chi connectivity index (χ2n) is 5.66. The number of nitrogens with two attached hydrogens (primary N) is 1. The van der Waals surface area contributed by atoms with Gasteiger partial charge >= 0.3 is 0 Å². The third-order valence-corrected chi connectivity index (χ3v) is 4.51. The van der Waals surface area contributed by atoms with Crippen LogP contribution in [-0.4, -0.2) is 47.7 Å². The van der Waals surface area contributed by atoms with E-state index in [4.69, 9.17) is 22.4 Å². The number of aliphatic hydroxyl groups excluding tert-OH is 1. The molecule has 24 heavy (non-hydrogen) atoms. The zero-order chi connectivity index (χ0) is 17.1. The zero-order valence-electron chi connectivity index (χ0n) is 13.2. The van der Waals surface area contributed by atoms with Crippen molar-refractivity contribution >= 4 is 28.7 Å². The molecule has 8 heteroatoms. The molecule has 0 spiro atoms. The summed E-state index contributed by atoms with van der Waals surface area (Å²) in [6, 6.07) is 7.80. The predicted molar refractivity (Wildman–Crippen MR) is 95.9 cm³/mol. The Kier molecular flexibility index (Phi) is 4.92. The molecule has 2 aromatic rings. The highest BCUT2D eigenvalue weighted by molar-refractivity contribution is 6.33. The first-order valence-electron chi connectivity index (χ1n) is 7.82. The van der Waals surface area contributed by atoms with E-state index in [-0.39, 0.29) is 23.7 Å². The lowest BCUT2D eigenvalue weighted by Gasteiger charge is -2.37. The molecule has 0 atom stereocenters. The van der Waals surface area contributed by atoms with E-state index in [0.717, 1.165) is 37.6 Å². The molecule has 0 unspecified atom stereocenters. The predicted octanol–water partition coefficient (Wildman–Crippen LogP) is 0.798. The fourth-order valence-electron chi connectivity index (χ4n) is 2.82. The molecule has 1 aliphatic heterocycles. The molecule has 1 aliphatic rings. The molecule has 0 saturated carbocycles. The number of anilines is 3. The van der Waals surface area contributed by atoms with Gasteiger partial charge in [0.25, 0.3) is 5.56 Å². The largest absolute Gasteiger partial charge is 0.399 e. The minimum Gasteiger partial charge on any atom is -0.399 e. The maximum atomic E-state index is 12.1. The lowest BCUT2D eigenvalue weighted by Crippen LogP contribution is -2.47. The summed E-state index contributed by atoms with van der Waals surface area (Å²) in [5.41, 5.74) is 7.88. The van der Waals surface area contributed by atoms with Gasteiger partial charge in [-0.1, -0.05) is 11.6 Å². The van der Waals surface area contributed by atoms with Crippen molar-refractivity contribution in [2.45, 2.75) is 6.54 Å². The number of aliphatic hydroxyl groups is 1. The first kappa shape index (κ1) is 16.6. The van der Waals surface area contributed by atoms with Crippen LogP contribution in [0.15, 0.2) is 35.3 Å². The van der Waals surface area contributed by atoms with Crippen LogP contribution in [0.5, 0.6) is 0 Å². The van der Waals surface area contributed by atoms with Crippen LogP contribution in [0, 0.1) is 0 Å². The normalized spacial score (nSPS) is 14.9. The highest BCUT2D eigenvalue weighted by Crippen LogP contribution is 2.24. The van der Waals surface area contributed by atoms with Crippen molar-refractivity contribution in [3.63, 3.8) is 0 Å². The monoisotopic (exact) mass is 349 g/mol. The second kappa shape index (κ2) is 7.11. The van der Waals surface area contributed by atoms with E-state index in [1.54, 1.807) is 6.20 Å². The number of benzene rings is 1. The van der Waals surface area contributed by atoms with Gasteiger partial charge in [-0.05, 0) is 24.3 Å². The quantitative estimate of drug-likeness (QED) is 0.794. The van der Waals surface area contributed by atoms with Crippen molar-refractivity contribution < 1.29 is 5.11 Å². The Hall–Kier alpha value is -2.25. The summed E-state index contributed by atoms with van der Waals surface area (Å²) in [7, 11) is 0. The van der Waals surface area contributed by atoms with Crippen LogP contribution in [0.2, 0.25) is 5.02 Å². The molecule has 0 amide bonds. The molecule has 2 heterocycles. The minimum absolute atomic E-state index is 0.143. The number of aromatic nitrogens is 2. The summed E-state index contributed by atoms with van der Waals surface area (Å²) in [4.78, 5) is 16.5. The molecule has 0 bridgehead atoms. The number of hydrogen-bond donors (Lipinski definition) is 2. The molecule has 1 aromatic heterocycles. The number of hydrogen-bond acceptors (Lipinski definition) is 6. The van der Waals surface area contributed by atoms with Crippen LogP contribution in [-0.2, 0) is 6.54 Å². The molecule has 3 rings (SSSR count). The van der Waals surface area contributed by atoms with Crippen molar-refractivity contribution in [3.05, 3.63) is 45.8 Å². The van der Waals surface area contributed by atoms with Gasteiger partial charge in [0, 0.05) is 37.6 Å². The van der Waals surface area contributed by atoms with E-state index < -0.39 is 0 Å². The van der Waals surface area contributed by atoms with Crippen molar-refractivity contribution in [1.82, 2.24) is 9.78 Å². The van der Waals surface area contributed by atoms with Crippen molar-refractivity contribution in [2.24, 2.45) is 0 Å². The second-order valence-corrected chi connectivity index (χ2v) is 6.04. The number of nitrogens with zero attached hydrogens (tertiary/aromatic N) is 4. The highest BCUT2D eigenvalue weighted by Gasteiger charge is 2.21. The van der Waals surface area contributed by atoms with Gasteiger partial charge in [-0.15, -0.1) is 0 Å². The molecule has 7 nitrogen and oxygen atoms in total. The van der Waals surface area contributed by atoms with Crippen LogP contribution in [0.1, 0.15) is 0 Å². The van der Waals surface area contributed by atoms with Gasteiger partial charge in [0.05, 0.1) is 25.0 Å². The van der Waals surface area contributed by atoms with Crippen molar-refractivity contribution in [3.8, 4) is 0 Å². The van der Waals surface area contributed by atoms with Crippen LogP contribution >= 0.6 is 11.6 Å². The summed E-state index contributed by atoms with van der Waals surface area (Å²) in [5.74, 6) is 0. The van der Waals surface area contributed by atoms with Crippen molar-refractivity contribution in [1.29, 1.82) is 0 Å². The van der Waals surface area contributed by atoms with E-state index in [9.17, 15) is 4.79 Å². The molecular formula is C16H20ClN5O2. The maximum Gasteiger partial charge on any atom is 0.287 e. The topological polar surface area (TPSA) is 87.6 Å². The van der Waals surface area contributed by atoms with Gasteiger partial charge in [-0.2, -0.15) is 5.10 Å². The average molecular weight is 350 g/mol. The number of piperazine rings is 1. The SMILES string of the molecule is Nc1ccc(N2CCN(c3cnn(CCO)c(=O)c3Cl)CC2)cc1. The number of halogens is 1. The molecule has 3 N–H and O–H groups in total. The average Bonchev–Trinajstić information content (AvgIpc) is 2.60. The third-order valence-electron chi connectivity index (χ3n) is 4.16. The summed E-state index contributed by atoms with van der Waals surface area (Å²) in [6.07, 6.45) is 1.60. The van der Waals surface area contributed by atoms with E-state index in [1.165, 1.54) is 4.68 Å². The maximum absolute atomic E-state index is 12.1. The fourth-order valence-corrected chi connectivity index (χ4v) is 3.09. The van der Waals surface area contributed by atoms with Gasteiger partial charge in [0.1, 0.15) is 5.02 Å². The van der Waals surface area contributed by atoms with E-state index in [2.05, 4.69) is 14.9 Å². The molecular weight excluding hydrogens is 330 g/mol. The first-order chi connectivity index (χ1) is 11.6. The standard InChI is InChI=1S/C16H20ClN5O2/c17-15-14(11-19-22(9-10-23)16(15)24)21-7-5-20(6-8-21)13-3-1-12(18)2-4-13/h1-4,11,23H,5-10,18H2. The Morgan fingerprint density at radius 2 is 1.75 bits per heavy atom. The van der Waals surface area contributed by atoms with Crippen LogP contribution in [0.4, 0.5) is 17.1 Å². The van der Waals surface area contributed by atoms with Gasteiger partial charge in [0.15, 0.2) is 0 Å². The van der Waals surface area contributed by atoms with E-state index in [1.807, 2.05) is 24.3 Å². The van der Waals surface area contributed by atoms with Gasteiger partial charge in [0.2, 0.25) is 0 Å². The Bertz CT molecular complexity index is 754. The Labute approximate surface area is 144 Å². The lowest BCUT2D eigenvalue weighted by atomic mass is 10.2. The molecule has 1 fully saturated rings. The molecule has 1 aromatic carbocycles. The Morgan fingerprint density at radius 3 is 2.38 bits per heavy atom. The van der Waals surface area contributed by atoms with Crippen LogP contribution in [0.3, 0.4) is 0 Å². The molecule has 1 saturated heterocycles. The summed E-state index contributed by atoms with van der Waals surface area (Å²) < 4.78 is 1.18. The highest BCUT2D eigenvalue weighted by atomic mass is 35.5. The number of rotatable bonds is 4. The third kappa shape index (κ3) is 3.32. The summed E-state index contributed by atoms with van der Waals surface area (Å²) in [5, 5.41) is 13.2. The molecule has 128 valence electrons. The molecule has 0 aliphatic carbocycles. The van der Waals surface area contributed by atoms with Crippen molar-refractivity contribution in [2.75, 3.05) is 48.3 Å². The summed E-state index contributed by atoms with van der Waals surface area (Å²) >= 11 is 6.21. The lowest BCUT2D eigenvalue weighted by molar-refractivity contribution is 0.266. The van der Waals surface area contributed by atoms with Gasteiger partial charge in [-0.25, -0.2) is 4.68 Å². The Morgan fingerprint density at radius 1 is 1.12 bits per heavy atom. The van der Waals surface area contributed by atoms with E-state index in [0.29, 0.717) is 5.69 Å². The summed E-state index contributed by atoms with van der Waals surface area (Å²) in [6.45, 7) is 3.12. The number of nitrogen functional groups attached to an aromatic ring is 1. The smallest absolute Gasteiger partial charge is 0.287 e. The first-order valence-corrected chi connectivity index (χ1v) is 8.20. The Balaban J connectivity index is 1.72. The fraction of sp³-hybridized carbons (Fsp3) is 0.375. The van der Waals surface area contributed by atoms with Gasteiger partial charge < -0.3 is 20.6 Å². The van der Waals surface area contributed by atoms with Crippen LogP contribution in [0.25, 0.3) is 0 Å². The van der Waals surface area contributed by atoms with Crippen LogP contribution < -0.4 is 21.1 Å². The van der Waals surface area contributed by atoms with E-state index >= 15 is 0 Å². The minimum atomic E-state index is -0.371. The molecule has 0 radical (unpaired) electrons.